The van der Waals surface area contributed by atoms with Gasteiger partial charge in [-0.25, -0.2) is 0 Å². The minimum Gasteiger partial charge on any atom is -0.390 e. The molecule has 0 radical (unpaired) electrons. The second kappa shape index (κ2) is 5.48. The maximum Gasteiger partial charge on any atom is 0.0644 e. The second-order valence-corrected chi connectivity index (χ2v) is 5.74. The van der Waals surface area contributed by atoms with E-state index in [9.17, 15) is 5.11 Å². The molecule has 2 aliphatic heterocycles. The van der Waals surface area contributed by atoms with Crippen molar-refractivity contribution in [3.8, 4) is 0 Å². The van der Waals surface area contributed by atoms with Crippen molar-refractivity contribution in [3.05, 3.63) is 0 Å². The Bertz CT molecular complexity index is 202. The number of piperidine rings is 1. The van der Waals surface area contributed by atoms with Crippen LogP contribution in [0, 0.1) is 0 Å². The molecule has 0 atom stereocenters. The third-order valence-corrected chi connectivity index (χ3v) is 4.08. The van der Waals surface area contributed by atoms with Gasteiger partial charge in [0, 0.05) is 13.1 Å². The van der Waals surface area contributed by atoms with Gasteiger partial charge in [-0.05, 0) is 65.2 Å². The summed E-state index contributed by atoms with van der Waals surface area (Å²) in [5.41, 5.74) is -0.397. The highest BCUT2D eigenvalue weighted by molar-refractivity contribution is 4.81. The van der Waals surface area contributed by atoms with Crippen LogP contribution in [0.3, 0.4) is 0 Å². The molecule has 0 aliphatic carbocycles. The number of likely N-dealkylation sites (tertiary alicyclic amines) is 2. The van der Waals surface area contributed by atoms with Gasteiger partial charge in [-0.1, -0.05) is 0 Å². The molecule has 0 aromatic rings. The first-order chi connectivity index (χ1) is 7.66. The van der Waals surface area contributed by atoms with Gasteiger partial charge < -0.3 is 14.9 Å². The van der Waals surface area contributed by atoms with Gasteiger partial charge in [0.15, 0.2) is 0 Å². The summed E-state index contributed by atoms with van der Waals surface area (Å²) in [5, 5.41) is 9.86. The smallest absolute Gasteiger partial charge is 0.0644 e. The van der Waals surface area contributed by atoms with Crippen molar-refractivity contribution < 1.29 is 5.11 Å². The zero-order valence-corrected chi connectivity index (χ0v) is 10.6. The van der Waals surface area contributed by atoms with Crippen molar-refractivity contribution in [1.82, 2.24) is 9.80 Å². The molecular formula is C13H26N2O. The number of hydrogen-bond donors (Lipinski definition) is 1. The van der Waals surface area contributed by atoms with Gasteiger partial charge in [-0.15, -0.1) is 0 Å². The Balaban J connectivity index is 1.56. The molecule has 16 heavy (non-hydrogen) atoms. The summed E-state index contributed by atoms with van der Waals surface area (Å²) in [6.07, 6.45) is 5.97. The second-order valence-electron chi connectivity index (χ2n) is 5.74. The minimum absolute atomic E-state index is 0.397. The molecule has 0 aromatic heterocycles. The van der Waals surface area contributed by atoms with Crippen LogP contribution in [0.15, 0.2) is 0 Å². The molecule has 0 unspecified atom stereocenters. The third kappa shape index (κ3) is 3.72. The zero-order chi connectivity index (χ0) is 11.4. The van der Waals surface area contributed by atoms with E-state index in [0.29, 0.717) is 0 Å². The molecule has 3 heteroatoms. The van der Waals surface area contributed by atoms with Crippen molar-refractivity contribution in [2.24, 2.45) is 0 Å². The van der Waals surface area contributed by atoms with Crippen LogP contribution in [-0.4, -0.2) is 59.8 Å². The van der Waals surface area contributed by atoms with E-state index in [1.807, 2.05) is 6.92 Å². The lowest BCUT2D eigenvalue weighted by Crippen LogP contribution is -2.43. The van der Waals surface area contributed by atoms with Crippen LogP contribution in [0.2, 0.25) is 0 Å². The highest BCUT2D eigenvalue weighted by Gasteiger charge is 2.26. The SMILES string of the molecule is CC1(O)CCN(CCCN2CCCC2)CC1. The molecule has 0 saturated carbocycles. The lowest BCUT2D eigenvalue weighted by Gasteiger charge is -2.36. The standard InChI is InChI=1S/C13H26N2O/c1-13(16)5-11-15(12-6-13)10-4-9-14-7-2-3-8-14/h16H,2-12H2,1H3. The van der Waals surface area contributed by atoms with Crippen LogP contribution >= 0.6 is 0 Å². The van der Waals surface area contributed by atoms with Gasteiger partial charge in [0.25, 0.3) is 0 Å². The monoisotopic (exact) mass is 226 g/mol. The Morgan fingerprint density at radius 1 is 0.938 bits per heavy atom. The predicted molar refractivity (Wildman–Crippen MR) is 66.6 cm³/mol. The molecule has 0 amide bonds. The lowest BCUT2D eigenvalue weighted by atomic mass is 9.94. The lowest BCUT2D eigenvalue weighted by molar-refractivity contribution is -0.00581. The Morgan fingerprint density at radius 2 is 1.44 bits per heavy atom. The highest BCUT2D eigenvalue weighted by atomic mass is 16.3. The third-order valence-electron chi connectivity index (χ3n) is 4.08. The van der Waals surface area contributed by atoms with Gasteiger partial charge >= 0.3 is 0 Å². The molecule has 3 nitrogen and oxygen atoms in total. The van der Waals surface area contributed by atoms with Crippen molar-refractivity contribution >= 4 is 0 Å². The Labute approximate surface area is 99.4 Å². The number of hydrogen-bond acceptors (Lipinski definition) is 3. The average Bonchev–Trinajstić information content (AvgIpc) is 2.73. The first kappa shape index (κ1) is 12.3. The fourth-order valence-corrected chi connectivity index (χ4v) is 2.78. The van der Waals surface area contributed by atoms with Crippen molar-refractivity contribution in [1.29, 1.82) is 0 Å². The van der Waals surface area contributed by atoms with E-state index in [0.717, 1.165) is 25.9 Å². The number of rotatable bonds is 4. The van der Waals surface area contributed by atoms with Gasteiger partial charge in [-0.3, -0.25) is 0 Å². The van der Waals surface area contributed by atoms with E-state index in [4.69, 9.17) is 0 Å². The molecule has 0 spiro atoms. The predicted octanol–water partition coefficient (Wildman–Crippen LogP) is 1.32. The van der Waals surface area contributed by atoms with E-state index in [1.54, 1.807) is 0 Å². The molecular weight excluding hydrogens is 200 g/mol. The van der Waals surface area contributed by atoms with Crippen LogP contribution in [0.1, 0.15) is 39.0 Å². The fourth-order valence-electron chi connectivity index (χ4n) is 2.78. The Morgan fingerprint density at radius 3 is 2.00 bits per heavy atom. The van der Waals surface area contributed by atoms with E-state index in [2.05, 4.69) is 9.80 Å². The molecule has 0 aromatic carbocycles. The van der Waals surface area contributed by atoms with Crippen molar-refractivity contribution in [2.75, 3.05) is 39.3 Å². The average molecular weight is 226 g/mol. The van der Waals surface area contributed by atoms with E-state index >= 15 is 0 Å². The maximum atomic E-state index is 9.86. The van der Waals surface area contributed by atoms with Crippen LogP contribution < -0.4 is 0 Å². The molecule has 0 bridgehead atoms. The largest absolute Gasteiger partial charge is 0.390 e. The molecule has 2 heterocycles. The number of nitrogens with zero attached hydrogens (tertiary/aromatic N) is 2. The van der Waals surface area contributed by atoms with Gasteiger partial charge in [0.1, 0.15) is 0 Å². The molecule has 2 rings (SSSR count). The fraction of sp³-hybridized carbons (Fsp3) is 1.00. The summed E-state index contributed by atoms with van der Waals surface area (Å²) in [7, 11) is 0. The molecule has 94 valence electrons. The highest BCUT2D eigenvalue weighted by Crippen LogP contribution is 2.21. The first-order valence-electron chi connectivity index (χ1n) is 6.83. The van der Waals surface area contributed by atoms with Crippen LogP contribution in [0.5, 0.6) is 0 Å². The first-order valence-corrected chi connectivity index (χ1v) is 6.83. The minimum atomic E-state index is -0.397. The molecule has 2 fully saturated rings. The Hall–Kier alpha value is -0.120. The summed E-state index contributed by atoms with van der Waals surface area (Å²) < 4.78 is 0. The normalized spacial score (nSPS) is 27.4. The van der Waals surface area contributed by atoms with E-state index in [-0.39, 0.29) is 0 Å². The topological polar surface area (TPSA) is 26.7 Å². The van der Waals surface area contributed by atoms with Gasteiger partial charge in [0.2, 0.25) is 0 Å². The molecule has 2 saturated heterocycles. The molecule has 1 N–H and O–H groups in total. The summed E-state index contributed by atoms with van der Waals surface area (Å²) >= 11 is 0. The van der Waals surface area contributed by atoms with Crippen molar-refractivity contribution in [3.63, 3.8) is 0 Å². The number of aliphatic hydroxyl groups is 1. The Kier molecular flexibility index (Phi) is 4.22. The van der Waals surface area contributed by atoms with Crippen LogP contribution in [0.25, 0.3) is 0 Å². The van der Waals surface area contributed by atoms with Crippen molar-refractivity contribution in [2.45, 2.75) is 44.6 Å². The quantitative estimate of drug-likeness (QED) is 0.783. The van der Waals surface area contributed by atoms with E-state index in [1.165, 1.54) is 45.4 Å². The molecule has 2 aliphatic rings. The summed E-state index contributed by atoms with van der Waals surface area (Å²) in [5.74, 6) is 0. The van der Waals surface area contributed by atoms with Crippen LogP contribution in [-0.2, 0) is 0 Å². The summed E-state index contributed by atoms with van der Waals surface area (Å²) in [6, 6.07) is 0. The summed E-state index contributed by atoms with van der Waals surface area (Å²) in [6.45, 7) is 9.23. The van der Waals surface area contributed by atoms with E-state index < -0.39 is 5.60 Å². The van der Waals surface area contributed by atoms with Gasteiger partial charge in [0.05, 0.1) is 5.60 Å². The maximum absolute atomic E-state index is 9.86. The van der Waals surface area contributed by atoms with Crippen LogP contribution in [0.4, 0.5) is 0 Å². The van der Waals surface area contributed by atoms with Gasteiger partial charge in [-0.2, -0.15) is 0 Å². The zero-order valence-electron chi connectivity index (χ0n) is 10.6. The summed E-state index contributed by atoms with van der Waals surface area (Å²) in [4.78, 5) is 5.09.